The second kappa shape index (κ2) is 5.77. The zero-order valence-corrected chi connectivity index (χ0v) is 11.0. The van der Waals surface area contributed by atoms with Gasteiger partial charge in [-0.3, -0.25) is 9.59 Å². The molecule has 0 saturated heterocycles. The zero-order valence-electron chi connectivity index (χ0n) is 9.38. The fraction of sp³-hybridized carbons (Fsp3) is 0.273. The summed E-state index contributed by atoms with van der Waals surface area (Å²) in [5, 5.41) is 4.79. The molecule has 1 rings (SSSR count). The van der Waals surface area contributed by atoms with E-state index in [2.05, 4.69) is 26.6 Å². The maximum Gasteiger partial charge on any atom is 0.254 e. The van der Waals surface area contributed by atoms with Crippen LogP contribution in [-0.2, 0) is 4.79 Å². The van der Waals surface area contributed by atoms with Crippen LogP contribution in [0.15, 0.2) is 22.7 Å². The van der Waals surface area contributed by atoms with Crippen molar-refractivity contribution in [3.63, 3.8) is 0 Å². The Morgan fingerprint density at radius 1 is 1.41 bits per heavy atom. The number of benzene rings is 1. The Kier molecular flexibility index (Phi) is 4.62. The molecule has 92 valence electrons. The minimum atomic E-state index is -0.712. The van der Waals surface area contributed by atoms with Crippen molar-refractivity contribution in [3.8, 4) is 0 Å². The van der Waals surface area contributed by atoms with Crippen LogP contribution in [0.1, 0.15) is 17.3 Å². The largest absolute Gasteiger partial charge is 0.357 e. The minimum absolute atomic E-state index is 0.0936. The number of carbonyl (C=O) groups excluding carboxylic acids is 2. The van der Waals surface area contributed by atoms with Gasteiger partial charge in [0.1, 0.15) is 11.9 Å². The van der Waals surface area contributed by atoms with E-state index in [0.29, 0.717) is 4.47 Å². The standard InChI is InChI=1S/C11H12BrFN2O2/c1-6(10(16)14-2)15-11(17)8-4-3-7(12)5-9(8)13/h3-6H,1-2H3,(H,14,16)(H,15,17). The molecule has 4 nitrogen and oxygen atoms in total. The van der Waals surface area contributed by atoms with Gasteiger partial charge in [0.15, 0.2) is 0 Å². The molecule has 6 heteroatoms. The Morgan fingerprint density at radius 3 is 2.59 bits per heavy atom. The van der Waals surface area contributed by atoms with Crippen molar-refractivity contribution in [2.75, 3.05) is 7.05 Å². The van der Waals surface area contributed by atoms with Crippen LogP contribution in [0.25, 0.3) is 0 Å². The molecule has 0 aliphatic rings. The SMILES string of the molecule is CNC(=O)C(C)NC(=O)c1ccc(Br)cc1F. The first-order chi connectivity index (χ1) is 7.95. The van der Waals surface area contributed by atoms with E-state index in [9.17, 15) is 14.0 Å². The molecular weight excluding hydrogens is 291 g/mol. The summed E-state index contributed by atoms with van der Waals surface area (Å²) < 4.78 is 14.0. The molecule has 0 spiro atoms. The fourth-order valence-corrected chi connectivity index (χ4v) is 1.56. The predicted molar refractivity (Wildman–Crippen MR) is 65.1 cm³/mol. The summed E-state index contributed by atoms with van der Waals surface area (Å²) in [5.74, 6) is -1.59. The van der Waals surface area contributed by atoms with Crippen LogP contribution >= 0.6 is 15.9 Å². The van der Waals surface area contributed by atoms with E-state index >= 15 is 0 Å². The van der Waals surface area contributed by atoms with Crippen molar-refractivity contribution in [1.29, 1.82) is 0 Å². The summed E-state index contributed by atoms with van der Waals surface area (Å²) in [6.07, 6.45) is 0. The van der Waals surface area contributed by atoms with E-state index in [1.54, 1.807) is 6.07 Å². The monoisotopic (exact) mass is 302 g/mol. The highest BCUT2D eigenvalue weighted by Gasteiger charge is 2.17. The molecule has 0 saturated carbocycles. The number of nitrogens with one attached hydrogen (secondary N) is 2. The maximum atomic E-state index is 13.4. The Bertz CT molecular complexity index is 451. The second-order valence-electron chi connectivity index (χ2n) is 3.43. The van der Waals surface area contributed by atoms with Crippen LogP contribution in [0.4, 0.5) is 4.39 Å². The fourth-order valence-electron chi connectivity index (χ4n) is 1.23. The zero-order chi connectivity index (χ0) is 13.0. The average Bonchev–Trinajstić information content (AvgIpc) is 2.27. The summed E-state index contributed by atoms with van der Waals surface area (Å²) in [6, 6.07) is 3.39. The lowest BCUT2D eigenvalue weighted by atomic mass is 10.2. The van der Waals surface area contributed by atoms with E-state index in [1.807, 2.05) is 0 Å². The van der Waals surface area contributed by atoms with Crippen molar-refractivity contribution in [2.24, 2.45) is 0 Å². The van der Waals surface area contributed by atoms with Gasteiger partial charge < -0.3 is 10.6 Å². The molecule has 0 aromatic heterocycles. The van der Waals surface area contributed by atoms with Gasteiger partial charge >= 0.3 is 0 Å². The summed E-state index contributed by atoms with van der Waals surface area (Å²) in [5.41, 5.74) is -0.0936. The van der Waals surface area contributed by atoms with E-state index in [1.165, 1.54) is 26.1 Å². The number of rotatable bonds is 3. The lowest BCUT2D eigenvalue weighted by molar-refractivity contribution is -0.122. The number of hydrogen-bond acceptors (Lipinski definition) is 2. The molecule has 2 amide bonds. The van der Waals surface area contributed by atoms with Gasteiger partial charge in [0.25, 0.3) is 5.91 Å². The first-order valence-electron chi connectivity index (χ1n) is 4.93. The van der Waals surface area contributed by atoms with Crippen LogP contribution < -0.4 is 10.6 Å². The molecule has 1 aromatic carbocycles. The van der Waals surface area contributed by atoms with Crippen molar-refractivity contribution < 1.29 is 14.0 Å². The summed E-state index contributed by atoms with van der Waals surface area (Å²) in [6.45, 7) is 1.52. The van der Waals surface area contributed by atoms with Crippen molar-refractivity contribution in [3.05, 3.63) is 34.1 Å². The molecule has 1 aromatic rings. The van der Waals surface area contributed by atoms with Crippen molar-refractivity contribution in [2.45, 2.75) is 13.0 Å². The number of hydrogen-bond donors (Lipinski definition) is 2. The van der Waals surface area contributed by atoms with Crippen molar-refractivity contribution >= 4 is 27.7 Å². The molecule has 0 aliphatic carbocycles. The van der Waals surface area contributed by atoms with E-state index in [0.717, 1.165) is 0 Å². The third-order valence-electron chi connectivity index (χ3n) is 2.16. The molecule has 1 unspecified atom stereocenters. The number of halogens is 2. The Hall–Kier alpha value is -1.43. The van der Waals surface area contributed by atoms with E-state index in [4.69, 9.17) is 0 Å². The molecule has 2 N–H and O–H groups in total. The van der Waals surface area contributed by atoms with Crippen LogP contribution in [-0.4, -0.2) is 24.9 Å². The van der Waals surface area contributed by atoms with Crippen LogP contribution in [0.2, 0.25) is 0 Å². The van der Waals surface area contributed by atoms with Gasteiger partial charge in [0, 0.05) is 11.5 Å². The van der Waals surface area contributed by atoms with Gasteiger partial charge in [-0.15, -0.1) is 0 Å². The van der Waals surface area contributed by atoms with Gasteiger partial charge in [-0.05, 0) is 25.1 Å². The normalized spacial score (nSPS) is 11.8. The first kappa shape index (κ1) is 13.6. The third-order valence-corrected chi connectivity index (χ3v) is 2.66. The topological polar surface area (TPSA) is 58.2 Å². The quantitative estimate of drug-likeness (QED) is 0.888. The molecular formula is C11H12BrFN2O2. The highest BCUT2D eigenvalue weighted by atomic mass is 79.9. The Labute approximate surface area is 107 Å². The number of carbonyl (C=O) groups is 2. The van der Waals surface area contributed by atoms with Gasteiger partial charge in [0.05, 0.1) is 5.56 Å². The third kappa shape index (κ3) is 3.52. The summed E-state index contributed by atoms with van der Waals surface area (Å²) in [7, 11) is 1.46. The summed E-state index contributed by atoms with van der Waals surface area (Å²) in [4.78, 5) is 22.9. The predicted octanol–water partition coefficient (Wildman–Crippen LogP) is 1.45. The average molecular weight is 303 g/mol. The molecule has 0 radical (unpaired) electrons. The van der Waals surface area contributed by atoms with E-state index in [-0.39, 0.29) is 11.5 Å². The Balaban J connectivity index is 2.80. The maximum absolute atomic E-state index is 13.4. The molecule has 0 fully saturated rings. The van der Waals surface area contributed by atoms with Gasteiger partial charge in [0.2, 0.25) is 5.91 Å². The van der Waals surface area contributed by atoms with Crippen LogP contribution in [0.5, 0.6) is 0 Å². The van der Waals surface area contributed by atoms with Gasteiger partial charge in [-0.25, -0.2) is 4.39 Å². The van der Waals surface area contributed by atoms with E-state index < -0.39 is 17.8 Å². The first-order valence-corrected chi connectivity index (χ1v) is 5.72. The summed E-state index contributed by atoms with van der Waals surface area (Å²) >= 11 is 3.09. The molecule has 0 aliphatic heterocycles. The molecule has 17 heavy (non-hydrogen) atoms. The second-order valence-corrected chi connectivity index (χ2v) is 4.35. The van der Waals surface area contributed by atoms with Gasteiger partial charge in [-0.1, -0.05) is 15.9 Å². The molecule has 0 bridgehead atoms. The lowest BCUT2D eigenvalue weighted by Crippen LogP contribution is -2.43. The lowest BCUT2D eigenvalue weighted by Gasteiger charge is -2.12. The smallest absolute Gasteiger partial charge is 0.254 e. The minimum Gasteiger partial charge on any atom is -0.357 e. The van der Waals surface area contributed by atoms with Crippen LogP contribution in [0, 0.1) is 5.82 Å². The Morgan fingerprint density at radius 2 is 2.06 bits per heavy atom. The molecule has 0 heterocycles. The highest BCUT2D eigenvalue weighted by molar-refractivity contribution is 9.10. The van der Waals surface area contributed by atoms with Crippen LogP contribution in [0.3, 0.4) is 0 Å². The number of likely N-dealkylation sites (N-methyl/N-ethyl adjacent to an activating group) is 1. The number of amides is 2. The highest BCUT2D eigenvalue weighted by Crippen LogP contribution is 2.15. The van der Waals surface area contributed by atoms with Crippen molar-refractivity contribution in [1.82, 2.24) is 10.6 Å². The van der Waals surface area contributed by atoms with Gasteiger partial charge in [-0.2, -0.15) is 0 Å². The molecule has 1 atom stereocenters.